The van der Waals surface area contributed by atoms with Crippen molar-refractivity contribution in [1.82, 2.24) is 0 Å². The van der Waals surface area contributed by atoms with E-state index in [1.54, 1.807) is 19.2 Å². The number of halogens is 1. The molecule has 1 rings (SSSR count). The minimum absolute atomic E-state index is 0.489. The Labute approximate surface area is 94.9 Å². The monoisotopic (exact) mass is 305 g/mol. The van der Waals surface area contributed by atoms with Crippen molar-refractivity contribution in [2.24, 2.45) is 0 Å². The first kappa shape index (κ1) is 11.0. The summed E-state index contributed by atoms with van der Waals surface area (Å²) in [6.45, 7) is 0. The fourth-order valence-corrected chi connectivity index (χ4v) is 1.69. The number of benzene rings is 1. The molecule has 14 heavy (non-hydrogen) atoms. The van der Waals surface area contributed by atoms with Crippen LogP contribution in [0.15, 0.2) is 24.4 Å². The second-order valence-electron chi connectivity index (χ2n) is 2.50. The Kier molecular flexibility index (Phi) is 3.87. The fourth-order valence-electron chi connectivity index (χ4n) is 0.933. The number of hydrogen-bond donors (Lipinski definition) is 0. The van der Waals surface area contributed by atoms with Gasteiger partial charge in [0.05, 0.1) is 15.6 Å². The number of methoxy groups -OCH3 is 1. The van der Waals surface area contributed by atoms with E-state index in [0.29, 0.717) is 0 Å². The molecule has 1 aromatic rings. The molecule has 0 saturated carbocycles. The van der Waals surface area contributed by atoms with Crippen LogP contribution >= 0.6 is 22.6 Å². The summed E-state index contributed by atoms with van der Waals surface area (Å²) in [5.41, 5.74) is 0.784. The molecule has 0 N–H and O–H groups in total. The van der Waals surface area contributed by atoms with Crippen molar-refractivity contribution < 1.29 is 9.66 Å². The molecule has 1 aromatic carbocycles. The lowest BCUT2D eigenvalue weighted by Crippen LogP contribution is -1.87. The van der Waals surface area contributed by atoms with Crippen molar-refractivity contribution in [3.8, 4) is 5.75 Å². The minimum atomic E-state index is -0.489. The van der Waals surface area contributed by atoms with Crippen LogP contribution in [0, 0.1) is 13.7 Å². The van der Waals surface area contributed by atoms with Crippen molar-refractivity contribution >= 4 is 28.7 Å². The molecule has 0 aliphatic rings. The van der Waals surface area contributed by atoms with Gasteiger partial charge in [-0.1, -0.05) is 6.07 Å². The van der Waals surface area contributed by atoms with Gasteiger partial charge in [-0.3, -0.25) is 10.1 Å². The normalized spacial score (nSPS) is 10.4. The third kappa shape index (κ3) is 2.99. The molecule has 0 aliphatic carbocycles. The molecule has 74 valence electrons. The molecule has 4 nitrogen and oxygen atoms in total. The number of rotatable bonds is 3. The van der Waals surface area contributed by atoms with E-state index in [0.717, 1.165) is 21.1 Å². The molecule has 0 aliphatic heterocycles. The molecule has 0 spiro atoms. The first-order valence-electron chi connectivity index (χ1n) is 3.78. The average Bonchev–Trinajstić information content (AvgIpc) is 2.15. The van der Waals surface area contributed by atoms with E-state index in [2.05, 4.69) is 22.6 Å². The van der Waals surface area contributed by atoms with Crippen LogP contribution in [-0.4, -0.2) is 12.0 Å². The standard InChI is InChI=1S/C9H8INO3/c1-14-9-3-2-7(6-8(9)10)4-5-11(12)13/h2-6H,1H3. The summed E-state index contributed by atoms with van der Waals surface area (Å²) in [5.74, 6) is 0.767. The summed E-state index contributed by atoms with van der Waals surface area (Å²) < 4.78 is 5.99. The zero-order chi connectivity index (χ0) is 10.6. The van der Waals surface area contributed by atoms with E-state index in [4.69, 9.17) is 4.74 Å². The Balaban J connectivity index is 2.91. The van der Waals surface area contributed by atoms with E-state index in [1.807, 2.05) is 6.07 Å². The molecule has 0 fully saturated rings. The highest BCUT2D eigenvalue weighted by Gasteiger charge is 1.99. The van der Waals surface area contributed by atoms with Gasteiger partial charge in [-0.2, -0.15) is 0 Å². The largest absolute Gasteiger partial charge is 0.496 e. The third-order valence-corrected chi connectivity index (χ3v) is 2.41. The lowest BCUT2D eigenvalue weighted by Gasteiger charge is -2.02. The molecule has 0 bridgehead atoms. The number of ether oxygens (including phenoxy) is 1. The fraction of sp³-hybridized carbons (Fsp3) is 0.111. The van der Waals surface area contributed by atoms with Gasteiger partial charge in [-0.15, -0.1) is 0 Å². The van der Waals surface area contributed by atoms with Crippen LogP contribution in [-0.2, 0) is 0 Å². The number of hydrogen-bond acceptors (Lipinski definition) is 3. The Hall–Kier alpha value is -1.11. The second kappa shape index (κ2) is 4.94. The summed E-state index contributed by atoms with van der Waals surface area (Å²) in [6, 6.07) is 5.36. The predicted molar refractivity (Wildman–Crippen MR) is 61.7 cm³/mol. The highest BCUT2D eigenvalue weighted by atomic mass is 127. The molecular weight excluding hydrogens is 297 g/mol. The molecular formula is C9H8INO3. The summed E-state index contributed by atoms with van der Waals surface area (Å²) in [4.78, 5) is 9.58. The van der Waals surface area contributed by atoms with Crippen LogP contribution in [0.4, 0.5) is 0 Å². The zero-order valence-corrected chi connectivity index (χ0v) is 9.59. The maximum Gasteiger partial charge on any atom is 0.235 e. The summed E-state index contributed by atoms with van der Waals surface area (Å²) >= 11 is 2.11. The van der Waals surface area contributed by atoms with Crippen LogP contribution in [0.2, 0.25) is 0 Å². The van der Waals surface area contributed by atoms with Gasteiger partial charge in [0.1, 0.15) is 5.75 Å². The Morgan fingerprint density at radius 3 is 2.79 bits per heavy atom. The average molecular weight is 305 g/mol. The van der Waals surface area contributed by atoms with Gasteiger partial charge in [-0.05, 0) is 40.3 Å². The quantitative estimate of drug-likeness (QED) is 0.490. The van der Waals surface area contributed by atoms with Gasteiger partial charge in [-0.25, -0.2) is 0 Å². The topological polar surface area (TPSA) is 52.4 Å². The van der Waals surface area contributed by atoms with Crippen LogP contribution in [0.1, 0.15) is 5.56 Å². The maximum atomic E-state index is 10.1. The lowest BCUT2D eigenvalue weighted by molar-refractivity contribution is -0.400. The minimum Gasteiger partial charge on any atom is -0.496 e. The Morgan fingerprint density at radius 2 is 2.29 bits per heavy atom. The van der Waals surface area contributed by atoms with Crippen LogP contribution in [0.5, 0.6) is 5.75 Å². The van der Waals surface area contributed by atoms with Crippen molar-refractivity contribution in [2.45, 2.75) is 0 Å². The first-order chi connectivity index (χ1) is 6.63. The van der Waals surface area contributed by atoms with Crippen LogP contribution in [0.25, 0.3) is 6.08 Å². The molecule has 5 heteroatoms. The maximum absolute atomic E-state index is 10.1. The molecule has 0 heterocycles. The van der Waals surface area contributed by atoms with Gasteiger partial charge < -0.3 is 4.74 Å². The van der Waals surface area contributed by atoms with E-state index in [-0.39, 0.29) is 0 Å². The molecule has 0 amide bonds. The van der Waals surface area contributed by atoms with E-state index < -0.39 is 4.92 Å². The highest BCUT2D eigenvalue weighted by Crippen LogP contribution is 2.21. The molecule has 0 radical (unpaired) electrons. The molecule has 0 saturated heterocycles. The lowest BCUT2D eigenvalue weighted by atomic mass is 10.2. The molecule has 0 atom stereocenters. The first-order valence-corrected chi connectivity index (χ1v) is 4.86. The van der Waals surface area contributed by atoms with E-state index >= 15 is 0 Å². The van der Waals surface area contributed by atoms with Crippen LogP contribution in [0.3, 0.4) is 0 Å². The SMILES string of the molecule is COc1ccc(C=C[N+](=O)[O-])cc1I. The van der Waals surface area contributed by atoms with Crippen molar-refractivity contribution in [3.05, 3.63) is 43.6 Å². The summed E-state index contributed by atoms with van der Waals surface area (Å²) in [5, 5.41) is 10.1. The predicted octanol–water partition coefficient (Wildman–Crippen LogP) is 2.55. The van der Waals surface area contributed by atoms with Crippen LogP contribution < -0.4 is 4.74 Å². The Morgan fingerprint density at radius 1 is 1.57 bits per heavy atom. The second-order valence-corrected chi connectivity index (χ2v) is 3.66. The van der Waals surface area contributed by atoms with Crippen molar-refractivity contribution in [1.29, 1.82) is 0 Å². The molecule has 0 aromatic heterocycles. The van der Waals surface area contributed by atoms with Gasteiger partial charge >= 0.3 is 0 Å². The van der Waals surface area contributed by atoms with Crippen molar-refractivity contribution in [3.63, 3.8) is 0 Å². The summed E-state index contributed by atoms with van der Waals surface area (Å²) in [7, 11) is 1.59. The number of nitro groups is 1. The van der Waals surface area contributed by atoms with Gasteiger partial charge in [0.2, 0.25) is 6.20 Å². The van der Waals surface area contributed by atoms with Gasteiger partial charge in [0.25, 0.3) is 0 Å². The van der Waals surface area contributed by atoms with E-state index in [1.165, 1.54) is 6.08 Å². The summed E-state index contributed by atoms with van der Waals surface area (Å²) in [6.07, 6.45) is 2.36. The van der Waals surface area contributed by atoms with Gasteiger partial charge in [0.15, 0.2) is 0 Å². The third-order valence-electron chi connectivity index (χ3n) is 1.56. The highest BCUT2D eigenvalue weighted by molar-refractivity contribution is 14.1. The van der Waals surface area contributed by atoms with Gasteiger partial charge in [0, 0.05) is 6.08 Å². The zero-order valence-electron chi connectivity index (χ0n) is 7.44. The van der Waals surface area contributed by atoms with E-state index in [9.17, 15) is 10.1 Å². The van der Waals surface area contributed by atoms with Crippen molar-refractivity contribution in [2.75, 3.05) is 7.11 Å². The Bertz CT molecular complexity index is 376. The molecule has 0 unspecified atom stereocenters. The number of nitrogens with zero attached hydrogens (tertiary/aromatic N) is 1. The smallest absolute Gasteiger partial charge is 0.235 e.